The second kappa shape index (κ2) is 5.01. The number of esters is 1. The Balaban J connectivity index is 2.23. The van der Waals surface area contributed by atoms with Gasteiger partial charge in [0.15, 0.2) is 0 Å². The van der Waals surface area contributed by atoms with Crippen LogP contribution in [0.5, 0.6) is 0 Å². The van der Waals surface area contributed by atoms with Crippen LogP contribution in [0.1, 0.15) is 29.6 Å². The van der Waals surface area contributed by atoms with Gasteiger partial charge >= 0.3 is 12.0 Å². The van der Waals surface area contributed by atoms with E-state index in [1.165, 1.54) is 4.90 Å². The molecule has 1 unspecified atom stereocenters. The van der Waals surface area contributed by atoms with E-state index in [4.69, 9.17) is 9.15 Å². The molecule has 0 aromatic carbocycles. The zero-order valence-electron chi connectivity index (χ0n) is 10.2. The summed E-state index contributed by atoms with van der Waals surface area (Å²) in [6.45, 7) is 4.04. The first-order valence-electron chi connectivity index (χ1n) is 5.66. The number of aryl methyl sites for hydroxylation is 1. The third-order valence-corrected chi connectivity index (χ3v) is 2.93. The average molecular weight is 270 g/mol. The van der Waals surface area contributed by atoms with Crippen molar-refractivity contribution in [1.29, 1.82) is 0 Å². The molecule has 1 amide bonds. The van der Waals surface area contributed by atoms with Crippen LogP contribution in [0.3, 0.4) is 0 Å². The number of nitrogens with zero attached hydrogens (tertiary/aromatic N) is 2. The van der Waals surface area contributed by atoms with Crippen molar-refractivity contribution in [2.45, 2.75) is 25.5 Å². The van der Waals surface area contributed by atoms with Crippen LogP contribution < -0.4 is 4.90 Å². The Bertz CT molecular complexity index is 485. The molecular weight excluding hydrogens is 256 g/mol. The number of thiol groups is 1. The van der Waals surface area contributed by atoms with E-state index in [0.29, 0.717) is 18.7 Å². The van der Waals surface area contributed by atoms with Crippen LogP contribution in [0.25, 0.3) is 0 Å². The monoisotopic (exact) mass is 270 g/mol. The number of ether oxygens (including phenoxy) is 1. The third kappa shape index (κ3) is 2.35. The minimum Gasteiger partial charge on any atom is -0.460 e. The standard InChI is InChI=1S/C11H14N2O4S/c1-3-16-10(15)9-6(2)12-11(17-9)13-5-7(18)4-8(13)14/h7,18H,3-5H2,1-2H3. The normalized spacial score (nSPS) is 19.4. The maximum Gasteiger partial charge on any atom is 0.376 e. The van der Waals surface area contributed by atoms with Gasteiger partial charge in [-0.3, -0.25) is 9.69 Å². The molecule has 6 nitrogen and oxygen atoms in total. The number of aromatic nitrogens is 1. The molecule has 1 aliphatic heterocycles. The van der Waals surface area contributed by atoms with Gasteiger partial charge in [0.1, 0.15) is 0 Å². The molecule has 2 heterocycles. The molecule has 18 heavy (non-hydrogen) atoms. The molecule has 0 saturated carbocycles. The summed E-state index contributed by atoms with van der Waals surface area (Å²) in [5.74, 6) is -0.628. The minimum absolute atomic E-state index is 0.0317. The van der Waals surface area contributed by atoms with Crippen molar-refractivity contribution in [3.8, 4) is 0 Å². The van der Waals surface area contributed by atoms with Gasteiger partial charge in [-0.2, -0.15) is 17.6 Å². The van der Waals surface area contributed by atoms with Gasteiger partial charge < -0.3 is 9.15 Å². The number of oxazole rings is 1. The van der Waals surface area contributed by atoms with E-state index in [2.05, 4.69) is 17.6 Å². The number of amides is 1. The molecule has 1 aliphatic rings. The second-order valence-electron chi connectivity index (χ2n) is 3.99. The highest BCUT2D eigenvalue weighted by Crippen LogP contribution is 2.25. The molecule has 1 aromatic rings. The van der Waals surface area contributed by atoms with Crippen LogP contribution in [0.4, 0.5) is 6.01 Å². The van der Waals surface area contributed by atoms with E-state index in [0.717, 1.165) is 0 Å². The second-order valence-corrected chi connectivity index (χ2v) is 4.72. The maximum atomic E-state index is 11.7. The lowest BCUT2D eigenvalue weighted by Crippen LogP contribution is -2.24. The van der Waals surface area contributed by atoms with Crippen LogP contribution in [-0.4, -0.2) is 35.3 Å². The SMILES string of the molecule is CCOC(=O)c1oc(N2CC(S)CC2=O)nc1C. The molecule has 0 bridgehead atoms. The molecule has 2 rings (SSSR count). The largest absolute Gasteiger partial charge is 0.460 e. The average Bonchev–Trinajstić information content (AvgIpc) is 2.82. The zero-order chi connectivity index (χ0) is 13.3. The summed E-state index contributed by atoms with van der Waals surface area (Å²) in [5.41, 5.74) is 0.416. The molecule has 1 fully saturated rings. The van der Waals surface area contributed by atoms with Crippen LogP contribution in [-0.2, 0) is 9.53 Å². The van der Waals surface area contributed by atoms with E-state index in [-0.39, 0.29) is 29.5 Å². The van der Waals surface area contributed by atoms with E-state index in [1.807, 2.05) is 0 Å². The van der Waals surface area contributed by atoms with Crippen LogP contribution in [0.2, 0.25) is 0 Å². The molecule has 1 atom stereocenters. The highest BCUT2D eigenvalue weighted by atomic mass is 32.1. The Morgan fingerprint density at radius 2 is 2.39 bits per heavy atom. The van der Waals surface area contributed by atoms with Gasteiger partial charge in [0.25, 0.3) is 0 Å². The fourth-order valence-electron chi connectivity index (χ4n) is 1.76. The van der Waals surface area contributed by atoms with Crippen LogP contribution in [0.15, 0.2) is 4.42 Å². The van der Waals surface area contributed by atoms with Gasteiger partial charge in [0, 0.05) is 18.2 Å². The summed E-state index contributed by atoms with van der Waals surface area (Å²) < 4.78 is 10.2. The molecule has 7 heteroatoms. The van der Waals surface area contributed by atoms with E-state index in [9.17, 15) is 9.59 Å². The molecular formula is C11H14N2O4S. The number of carbonyl (C=O) groups excluding carboxylic acids is 2. The van der Waals surface area contributed by atoms with Gasteiger partial charge in [0.2, 0.25) is 11.7 Å². The first kappa shape index (κ1) is 12.9. The van der Waals surface area contributed by atoms with Crippen molar-refractivity contribution in [2.75, 3.05) is 18.1 Å². The number of hydrogen-bond acceptors (Lipinski definition) is 6. The van der Waals surface area contributed by atoms with E-state index in [1.54, 1.807) is 13.8 Å². The predicted octanol–water partition coefficient (Wildman–Crippen LogP) is 1.19. The lowest BCUT2D eigenvalue weighted by atomic mass is 10.4. The van der Waals surface area contributed by atoms with Crippen molar-refractivity contribution in [1.82, 2.24) is 4.98 Å². The molecule has 1 saturated heterocycles. The molecule has 0 radical (unpaired) electrons. The summed E-state index contributed by atoms with van der Waals surface area (Å²) in [6.07, 6.45) is 0.347. The molecule has 0 spiro atoms. The number of hydrogen-bond donors (Lipinski definition) is 1. The Labute approximate surface area is 110 Å². The third-order valence-electron chi connectivity index (χ3n) is 2.58. The first-order chi connectivity index (χ1) is 8.52. The van der Waals surface area contributed by atoms with Crippen molar-refractivity contribution in [2.24, 2.45) is 0 Å². The summed E-state index contributed by atoms with van der Waals surface area (Å²) in [4.78, 5) is 28.7. The first-order valence-corrected chi connectivity index (χ1v) is 6.17. The van der Waals surface area contributed by atoms with Gasteiger partial charge in [-0.15, -0.1) is 0 Å². The zero-order valence-corrected chi connectivity index (χ0v) is 11.1. The van der Waals surface area contributed by atoms with Crippen molar-refractivity contribution in [3.05, 3.63) is 11.5 Å². The Hall–Kier alpha value is -1.50. The Morgan fingerprint density at radius 1 is 1.67 bits per heavy atom. The fourth-order valence-corrected chi connectivity index (χ4v) is 2.08. The van der Waals surface area contributed by atoms with Gasteiger partial charge in [-0.25, -0.2) is 4.79 Å². The fraction of sp³-hybridized carbons (Fsp3) is 0.545. The quantitative estimate of drug-likeness (QED) is 0.660. The van der Waals surface area contributed by atoms with Gasteiger partial charge in [-0.1, -0.05) is 0 Å². The number of carbonyl (C=O) groups is 2. The Morgan fingerprint density at radius 3 is 2.94 bits per heavy atom. The predicted molar refractivity (Wildman–Crippen MR) is 66.9 cm³/mol. The highest BCUT2D eigenvalue weighted by molar-refractivity contribution is 7.81. The van der Waals surface area contributed by atoms with E-state index >= 15 is 0 Å². The van der Waals surface area contributed by atoms with E-state index < -0.39 is 5.97 Å². The number of rotatable bonds is 3. The molecule has 98 valence electrons. The smallest absolute Gasteiger partial charge is 0.376 e. The van der Waals surface area contributed by atoms with Crippen LogP contribution in [0, 0.1) is 6.92 Å². The number of anilines is 1. The topological polar surface area (TPSA) is 72.6 Å². The van der Waals surface area contributed by atoms with Gasteiger partial charge in [-0.05, 0) is 13.8 Å². The lowest BCUT2D eigenvalue weighted by Gasteiger charge is -2.09. The highest BCUT2D eigenvalue weighted by Gasteiger charge is 2.33. The summed E-state index contributed by atoms with van der Waals surface area (Å²) >= 11 is 4.24. The van der Waals surface area contributed by atoms with Crippen LogP contribution >= 0.6 is 12.6 Å². The molecule has 0 N–H and O–H groups in total. The van der Waals surface area contributed by atoms with Crippen molar-refractivity contribution < 1.29 is 18.7 Å². The maximum absolute atomic E-state index is 11.7. The lowest BCUT2D eigenvalue weighted by molar-refractivity contribution is -0.117. The molecule has 1 aromatic heterocycles. The summed E-state index contributed by atoms with van der Waals surface area (Å²) in [5, 5.41) is -0.0317. The van der Waals surface area contributed by atoms with Crippen molar-refractivity contribution >= 4 is 30.5 Å². The minimum atomic E-state index is -0.567. The molecule has 0 aliphatic carbocycles. The van der Waals surface area contributed by atoms with Gasteiger partial charge in [0.05, 0.1) is 12.3 Å². The summed E-state index contributed by atoms with van der Waals surface area (Å²) in [7, 11) is 0. The summed E-state index contributed by atoms with van der Waals surface area (Å²) in [6, 6.07) is 0.136. The van der Waals surface area contributed by atoms with Crippen molar-refractivity contribution in [3.63, 3.8) is 0 Å². The Kier molecular flexibility index (Phi) is 3.60.